The summed E-state index contributed by atoms with van der Waals surface area (Å²) in [5.74, 6) is 1.63. The lowest BCUT2D eigenvalue weighted by Gasteiger charge is -2.47. The number of ether oxygens (including phenoxy) is 1. The zero-order valence-electron chi connectivity index (χ0n) is 22.8. The third-order valence-corrected chi connectivity index (χ3v) is 8.72. The summed E-state index contributed by atoms with van der Waals surface area (Å²) in [6.07, 6.45) is 7.41. The minimum Gasteiger partial charge on any atom is -0.372 e. The lowest BCUT2D eigenvalue weighted by Crippen LogP contribution is -2.47. The quantitative estimate of drug-likeness (QED) is 0.517. The molecule has 4 aliphatic rings. The number of benzene rings is 1. The van der Waals surface area contributed by atoms with Crippen molar-refractivity contribution in [3.8, 4) is 0 Å². The summed E-state index contributed by atoms with van der Waals surface area (Å²) in [6, 6.07) is 7.46. The topological polar surface area (TPSA) is 19.0 Å². The van der Waals surface area contributed by atoms with Gasteiger partial charge >= 0.3 is 0 Å². The van der Waals surface area contributed by atoms with E-state index in [-0.39, 0.29) is 0 Å². The molecular formula is C30H49N3O. The fourth-order valence-electron chi connectivity index (χ4n) is 7.65. The molecule has 34 heavy (non-hydrogen) atoms. The van der Waals surface area contributed by atoms with Crippen LogP contribution in [-0.2, 0) is 4.74 Å². The van der Waals surface area contributed by atoms with Gasteiger partial charge in [-0.15, -0.1) is 0 Å². The van der Waals surface area contributed by atoms with Crippen molar-refractivity contribution in [2.45, 2.75) is 91.8 Å². The van der Waals surface area contributed by atoms with Gasteiger partial charge in [0.05, 0.1) is 12.2 Å². The summed E-state index contributed by atoms with van der Waals surface area (Å²) < 4.78 is 6.05. The zero-order chi connectivity index (χ0) is 24.1. The highest BCUT2D eigenvalue weighted by molar-refractivity contribution is 5.64. The second-order valence-electron chi connectivity index (χ2n) is 13.7. The number of hydrogen-bond acceptors (Lipinski definition) is 4. The van der Waals surface area contributed by atoms with Crippen molar-refractivity contribution in [3.05, 3.63) is 23.8 Å². The number of hydrogen-bond donors (Lipinski definition) is 0. The summed E-state index contributed by atoms with van der Waals surface area (Å²) in [4.78, 5) is 7.99. The Kier molecular flexibility index (Phi) is 6.70. The molecule has 5 rings (SSSR count). The highest BCUT2D eigenvalue weighted by Crippen LogP contribution is 2.53. The van der Waals surface area contributed by atoms with Gasteiger partial charge in [-0.1, -0.05) is 27.7 Å². The van der Waals surface area contributed by atoms with Crippen molar-refractivity contribution in [1.82, 2.24) is 4.90 Å². The van der Waals surface area contributed by atoms with E-state index in [1.807, 2.05) is 0 Å². The molecule has 2 aliphatic carbocycles. The minimum atomic E-state index is 0.291. The molecule has 0 radical (unpaired) electrons. The van der Waals surface area contributed by atoms with Crippen molar-refractivity contribution >= 4 is 11.4 Å². The Morgan fingerprint density at radius 1 is 0.853 bits per heavy atom. The SMILES string of the molecule is C[C@@H]1CN(c2ccc(N3CCN(CC4CC4)CC3)c(C3CC(C)(C)CC(C)(C)C3)c2)C[C@H](C)O1. The first-order valence-electron chi connectivity index (χ1n) is 14.1. The second kappa shape index (κ2) is 9.32. The summed E-state index contributed by atoms with van der Waals surface area (Å²) in [5, 5.41) is 0. The first-order valence-corrected chi connectivity index (χ1v) is 14.1. The fraction of sp³-hybridized carbons (Fsp3) is 0.800. The molecule has 1 aromatic carbocycles. The maximum Gasteiger partial charge on any atom is 0.0726 e. The molecule has 0 aromatic heterocycles. The van der Waals surface area contributed by atoms with Gasteiger partial charge in [0.25, 0.3) is 0 Å². The molecule has 4 fully saturated rings. The molecule has 0 bridgehead atoms. The Balaban J connectivity index is 1.43. The maximum atomic E-state index is 6.05. The third-order valence-electron chi connectivity index (χ3n) is 8.72. The van der Waals surface area contributed by atoms with Gasteiger partial charge in [0, 0.05) is 57.2 Å². The van der Waals surface area contributed by atoms with E-state index < -0.39 is 0 Å². The fourth-order valence-corrected chi connectivity index (χ4v) is 7.65. The van der Waals surface area contributed by atoms with Crippen molar-refractivity contribution in [2.75, 3.05) is 55.6 Å². The first-order chi connectivity index (χ1) is 16.1. The largest absolute Gasteiger partial charge is 0.372 e. The van der Waals surface area contributed by atoms with E-state index >= 15 is 0 Å². The monoisotopic (exact) mass is 467 g/mol. The highest BCUT2D eigenvalue weighted by atomic mass is 16.5. The highest BCUT2D eigenvalue weighted by Gasteiger charge is 2.40. The number of morpholine rings is 1. The molecule has 4 nitrogen and oxygen atoms in total. The van der Waals surface area contributed by atoms with Crippen LogP contribution in [0.15, 0.2) is 18.2 Å². The minimum absolute atomic E-state index is 0.291. The second-order valence-corrected chi connectivity index (χ2v) is 13.7. The van der Waals surface area contributed by atoms with Gasteiger partial charge in [0.15, 0.2) is 0 Å². The van der Waals surface area contributed by atoms with Gasteiger partial charge in [-0.25, -0.2) is 0 Å². The third kappa shape index (κ3) is 5.75. The van der Waals surface area contributed by atoms with Gasteiger partial charge < -0.3 is 14.5 Å². The van der Waals surface area contributed by atoms with E-state index in [1.54, 1.807) is 5.56 Å². The molecule has 2 atom stereocenters. The Labute approximate surface area is 209 Å². The standard InChI is InChI=1S/C30H49N3O/c1-22-18-33(19-23(2)34-22)26-9-10-28(32-13-11-31(12-14-32)20-24-7-8-24)27(15-26)25-16-29(3,4)21-30(5,6)17-25/h9-10,15,22-25H,7-8,11-14,16-21H2,1-6H3/t22-,23+. The van der Waals surface area contributed by atoms with E-state index in [2.05, 4.69) is 74.4 Å². The van der Waals surface area contributed by atoms with Crippen molar-refractivity contribution < 1.29 is 4.74 Å². The van der Waals surface area contributed by atoms with Crippen LogP contribution in [0, 0.1) is 16.7 Å². The van der Waals surface area contributed by atoms with Crippen LogP contribution >= 0.6 is 0 Å². The summed E-state index contributed by atoms with van der Waals surface area (Å²) in [7, 11) is 0. The van der Waals surface area contributed by atoms with Gasteiger partial charge in [0.2, 0.25) is 0 Å². The average Bonchev–Trinajstić information content (AvgIpc) is 3.55. The van der Waals surface area contributed by atoms with Gasteiger partial charge in [-0.05, 0) is 92.4 Å². The molecule has 2 saturated heterocycles. The smallest absolute Gasteiger partial charge is 0.0726 e. The van der Waals surface area contributed by atoms with E-state index in [0.29, 0.717) is 29.0 Å². The molecule has 4 heteroatoms. The molecule has 2 saturated carbocycles. The van der Waals surface area contributed by atoms with Crippen LogP contribution in [0.4, 0.5) is 11.4 Å². The van der Waals surface area contributed by atoms with Crippen LogP contribution < -0.4 is 9.80 Å². The van der Waals surface area contributed by atoms with Crippen LogP contribution in [0.2, 0.25) is 0 Å². The van der Waals surface area contributed by atoms with Crippen LogP contribution in [0.3, 0.4) is 0 Å². The molecule has 1 aromatic rings. The summed E-state index contributed by atoms with van der Waals surface area (Å²) in [6.45, 7) is 22.5. The van der Waals surface area contributed by atoms with Crippen molar-refractivity contribution in [1.29, 1.82) is 0 Å². The molecule has 0 amide bonds. The van der Waals surface area contributed by atoms with Crippen molar-refractivity contribution in [2.24, 2.45) is 16.7 Å². The van der Waals surface area contributed by atoms with E-state index in [1.165, 1.54) is 76.2 Å². The molecule has 190 valence electrons. The molecule has 0 unspecified atom stereocenters. The Hall–Kier alpha value is -1.26. The van der Waals surface area contributed by atoms with Gasteiger partial charge in [-0.2, -0.15) is 0 Å². The molecule has 2 heterocycles. The first kappa shape index (κ1) is 24.4. The summed E-state index contributed by atoms with van der Waals surface area (Å²) in [5.41, 5.74) is 5.31. The molecular weight excluding hydrogens is 418 g/mol. The number of piperazine rings is 1. The van der Waals surface area contributed by atoms with Crippen LogP contribution in [0.25, 0.3) is 0 Å². The molecule has 0 spiro atoms. The Bertz CT molecular complexity index is 827. The molecule has 0 N–H and O–H groups in total. The predicted molar refractivity (Wildman–Crippen MR) is 144 cm³/mol. The van der Waals surface area contributed by atoms with Crippen molar-refractivity contribution in [3.63, 3.8) is 0 Å². The number of rotatable bonds is 5. The summed E-state index contributed by atoms with van der Waals surface area (Å²) >= 11 is 0. The Morgan fingerprint density at radius 2 is 1.47 bits per heavy atom. The van der Waals surface area contributed by atoms with Crippen LogP contribution in [-0.4, -0.2) is 62.9 Å². The number of nitrogens with zero attached hydrogens (tertiary/aromatic N) is 3. The maximum absolute atomic E-state index is 6.05. The Morgan fingerprint density at radius 3 is 2.06 bits per heavy atom. The lowest BCUT2D eigenvalue weighted by molar-refractivity contribution is -0.00522. The van der Waals surface area contributed by atoms with Gasteiger partial charge in [-0.3, -0.25) is 4.90 Å². The van der Waals surface area contributed by atoms with E-state index in [0.717, 1.165) is 19.0 Å². The lowest BCUT2D eigenvalue weighted by atomic mass is 9.60. The van der Waals surface area contributed by atoms with Gasteiger partial charge in [0.1, 0.15) is 0 Å². The molecule has 2 aliphatic heterocycles. The predicted octanol–water partition coefficient (Wildman–Crippen LogP) is 6.15. The normalized spacial score (nSPS) is 30.5. The zero-order valence-corrected chi connectivity index (χ0v) is 22.8. The van der Waals surface area contributed by atoms with Crippen LogP contribution in [0.5, 0.6) is 0 Å². The average molecular weight is 468 g/mol. The van der Waals surface area contributed by atoms with Crippen LogP contribution in [0.1, 0.15) is 85.1 Å². The van der Waals surface area contributed by atoms with E-state index in [9.17, 15) is 0 Å². The van der Waals surface area contributed by atoms with E-state index in [4.69, 9.17) is 4.74 Å². The number of anilines is 2.